The van der Waals surface area contributed by atoms with Crippen molar-refractivity contribution in [3.8, 4) is 16.5 Å². The topological polar surface area (TPSA) is 64.4 Å². The van der Waals surface area contributed by atoms with Gasteiger partial charge in [-0.3, -0.25) is 4.79 Å². The van der Waals surface area contributed by atoms with Crippen LogP contribution >= 0.6 is 11.3 Å². The van der Waals surface area contributed by atoms with Crippen molar-refractivity contribution in [2.45, 2.75) is 20.3 Å². The summed E-state index contributed by atoms with van der Waals surface area (Å²) in [5, 5.41) is 4.67. The number of aromatic nitrogens is 1. The third kappa shape index (κ3) is 4.06. The Bertz CT molecular complexity index is 875. The molecule has 1 N–H and O–H groups in total. The molecule has 0 saturated heterocycles. The third-order valence-corrected chi connectivity index (χ3v) is 4.33. The molecule has 0 bridgehead atoms. The van der Waals surface area contributed by atoms with E-state index in [1.54, 1.807) is 13.8 Å². The second-order valence-electron chi connectivity index (χ2n) is 5.30. The van der Waals surface area contributed by atoms with E-state index in [2.05, 4.69) is 10.3 Å². The van der Waals surface area contributed by atoms with Gasteiger partial charge in [0, 0.05) is 6.07 Å². The number of anilines is 1. The molecule has 2 aromatic heterocycles. The van der Waals surface area contributed by atoms with E-state index in [-0.39, 0.29) is 12.3 Å². The number of amides is 1. The van der Waals surface area contributed by atoms with Crippen LogP contribution in [0, 0.1) is 12.7 Å². The molecule has 3 rings (SSSR count). The number of rotatable bonds is 6. The molecule has 0 spiro atoms. The number of oxazole rings is 1. The first kappa shape index (κ1) is 17.2. The van der Waals surface area contributed by atoms with Crippen LogP contribution in [0.25, 0.3) is 10.8 Å². The van der Waals surface area contributed by atoms with Crippen molar-refractivity contribution in [2.75, 3.05) is 11.9 Å². The highest BCUT2D eigenvalue weighted by Crippen LogP contribution is 2.27. The van der Waals surface area contributed by atoms with Gasteiger partial charge < -0.3 is 14.5 Å². The molecule has 0 radical (unpaired) electrons. The molecule has 0 aliphatic heterocycles. The maximum absolute atomic E-state index is 13.3. The van der Waals surface area contributed by atoms with Crippen LogP contribution in [-0.4, -0.2) is 17.5 Å². The first-order valence-electron chi connectivity index (χ1n) is 7.79. The molecule has 0 aliphatic carbocycles. The second kappa shape index (κ2) is 7.48. The summed E-state index contributed by atoms with van der Waals surface area (Å²) < 4.78 is 24.3. The van der Waals surface area contributed by atoms with Gasteiger partial charge in [0.25, 0.3) is 0 Å². The minimum absolute atomic E-state index is 0.0592. The number of benzene rings is 1. The summed E-state index contributed by atoms with van der Waals surface area (Å²) in [7, 11) is 0. The van der Waals surface area contributed by atoms with E-state index in [4.69, 9.17) is 9.15 Å². The Morgan fingerprint density at radius 1 is 1.40 bits per heavy atom. The van der Waals surface area contributed by atoms with Crippen LogP contribution in [0.1, 0.15) is 18.4 Å². The SMILES string of the molecule is CCOc1cc(F)ccc1NC(=O)Cc1nc(-c2cccs2)oc1C. The number of aryl methyl sites for hydroxylation is 1. The van der Waals surface area contributed by atoms with E-state index in [1.165, 1.54) is 29.5 Å². The lowest BCUT2D eigenvalue weighted by Crippen LogP contribution is -2.16. The number of ether oxygens (including phenoxy) is 1. The highest BCUT2D eigenvalue weighted by molar-refractivity contribution is 7.13. The van der Waals surface area contributed by atoms with Gasteiger partial charge in [-0.2, -0.15) is 0 Å². The summed E-state index contributed by atoms with van der Waals surface area (Å²) in [5.74, 6) is 0.706. The van der Waals surface area contributed by atoms with Crippen LogP contribution in [0.15, 0.2) is 40.1 Å². The maximum atomic E-state index is 13.3. The largest absolute Gasteiger partial charge is 0.492 e. The zero-order valence-electron chi connectivity index (χ0n) is 13.8. The Balaban J connectivity index is 1.73. The molecule has 1 aromatic carbocycles. The molecule has 0 fully saturated rings. The summed E-state index contributed by atoms with van der Waals surface area (Å²) in [5.41, 5.74) is 0.994. The average molecular weight is 360 g/mol. The van der Waals surface area contributed by atoms with Crippen molar-refractivity contribution >= 4 is 22.9 Å². The first-order chi connectivity index (χ1) is 12.1. The first-order valence-corrected chi connectivity index (χ1v) is 8.67. The summed E-state index contributed by atoms with van der Waals surface area (Å²) >= 11 is 1.52. The second-order valence-corrected chi connectivity index (χ2v) is 6.25. The molecule has 3 aromatic rings. The molecule has 25 heavy (non-hydrogen) atoms. The molecule has 5 nitrogen and oxygen atoms in total. The lowest BCUT2D eigenvalue weighted by molar-refractivity contribution is -0.115. The van der Waals surface area contributed by atoms with Gasteiger partial charge in [0.1, 0.15) is 17.3 Å². The van der Waals surface area contributed by atoms with E-state index in [0.29, 0.717) is 35.4 Å². The van der Waals surface area contributed by atoms with Crippen molar-refractivity contribution in [1.29, 1.82) is 0 Å². The standard InChI is InChI=1S/C18H17FN2O3S/c1-3-23-15-9-12(19)6-7-13(15)20-17(22)10-14-11(2)24-18(21-14)16-5-4-8-25-16/h4-9H,3,10H2,1-2H3,(H,20,22). The number of carbonyl (C=O) groups is 1. The predicted octanol–water partition coefficient (Wildman–Crippen LogP) is 4.43. The molecule has 2 heterocycles. The summed E-state index contributed by atoms with van der Waals surface area (Å²) in [6, 6.07) is 7.82. The van der Waals surface area contributed by atoms with E-state index in [9.17, 15) is 9.18 Å². The van der Waals surface area contributed by atoms with Crippen LogP contribution in [0.2, 0.25) is 0 Å². The highest BCUT2D eigenvalue weighted by Gasteiger charge is 2.16. The highest BCUT2D eigenvalue weighted by atomic mass is 32.1. The Hall–Kier alpha value is -2.67. The summed E-state index contributed by atoms with van der Waals surface area (Å²) in [6.45, 7) is 3.94. The zero-order valence-corrected chi connectivity index (χ0v) is 14.7. The van der Waals surface area contributed by atoms with E-state index < -0.39 is 5.82 Å². The van der Waals surface area contributed by atoms with Crippen LogP contribution in [0.4, 0.5) is 10.1 Å². The van der Waals surface area contributed by atoms with Crippen LogP contribution in [0.3, 0.4) is 0 Å². The minimum Gasteiger partial charge on any atom is -0.492 e. The third-order valence-electron chi connectivity index (χ3n) is 3.47. The van der Waals surface area contributed by atoms with Gasteiger partial charge in [0.2, 0.25) is 11.8 Å². The maximum Gasteiger partial charge on any atom is 0.236 e. The summed E-state index contributed by atoms with van der Waals surface area (Å²) in [4.78, 5) is 17.6. The van der Waals surface area contributed by atoms with Gasteiger partial charge >= 0.3 is 0 Å². The molecule has 7 heteroatoms. The number of nitrogens with zero attached hydrogens (tertiary/aromatic N) is 1. The molecule has 1 amide bonds. The molecule has 130 valence electrons. The molecular weight excluding hydrogens is 343 g/mol. The number of halogens is 1. The number of thiophene rings is 1. The van der Waals surface area contributed by atoms with Gasteiger partial charge in [-0.1, -0.05) is 6.07 Å². The monoisotopic (exact) mass is 360 g/mol. The van der Waals surface area contributed by atoms with Crippen molar-refractivity contribution in [3.05, 3.63) is 53.0 Å². The Morgan fingerprint density at radius 3 is 2.96 bits per heavy atom. The molecule has 0 aliphatic rings. The quantitative estimate of drug-likeness (QED) is 0.706. The van der Waals surface area contributed by atoms with Crippen molar-refractivity contribution in [2.24, 2.45) is 0 Å². The Kier molecular flexibility index (Phi) is 5.14. The predicted molar refractivity (Wildman–Crippen MR) is 94.5 cm³/mol. The Labute approximate surface area is 148 Å². The van der Waals surface area contributed by atoms with Gasteiger partial charge in [-0.15, -0.1) is 11.3 Å². The molecule has 0 atom stereocenters. The zero-order chi connectivity index (χ0) is 17.8. The van der Waals surface area contributed by atoms with Gasteiger partial charge in [0.05, 0.1) is 29.3 Å². The normalized spacial score (nSPS) is 10.7. The number of carbonyl (C=O) groups excluding carboxylic acids is 1. The lowest BCUT2D eigenvalue weighted by atomic mass is 10.2. The van der Waals surface area contributed by atoms with Crippen molar-refractivity contribution in [1.82, 2.24) is 4.98 Å². The number of hydrogen-bond donors (Lipinski definition) is 1. The van der Waals surface area contributed by atoms with E-state index in [1.807, 2.05) is 17.5 Å². The summed E-state index contributed by atoms with van der Waals surface area (Å²) in [6.07, 6.45) is 0.0592. The number of nitrogens with one attached hydrogen (secondary N) is 1. The smallest absolute Gasteiger partial charge is 0.236 e. The fourth-order valence-corrected chi connectivity index (χ4v) is 2.97. The van der Waals surface area contributed by atoms with Crippen molar-refractivity contribution in [3.63, 3.8) is 0 Å². The van der Waals surface area contributed by atoms with Gasteiger partial charge in [-0.25, -0.2) is 9.37 Å². The van der Waals surface area contributed by atoms with Crippen molar-refractivity contribution < 1.29 is 18.3 Å². The van der Waals surface area contributed by atoms with Gasteiger partial charge in [0.15, 0.2) is 0 Å². The fraction of sp³-hybridized carbons (Fsp3) is 0.222. The average Bonchev–Trinajstić information content (AvgIpc) is 3.21. The molecular formula is C18H17FN2O3S. The molecule has 0 saturated carbocycles. The minimum atomic E-state index is -0.422. The van der Waals surface area contributed by atoms with Crippen LogP contribution in [0.5, 0.6) is 5.75 Å². The van der Waals surface area contributed by atoms with E-state index in [0.717, 1.165) is 4.88 Å². The van der Waals surface area contributed by atoms with Gasteiger partial charge in [-0.05, 0) is 37.4 Å². The van der Waals surface area contributed by atoms with Crippen LogP contribution < -0.4 is 10.1 Å². The number of hydrogen-bond acceptors (Lipinski definition) is 5. The van der Waals surface area contributed by atoms with E-state index >= 15 is 0 Å². The molecule has 0 unspecified atom stereocenters. The van der Waals surface area contributed by atoms with Crippen LogP contribution in [-0.2, 0) is 11.2 Å². The fourth-order valence-electron chi connectivity index (χ4n) is 2.32. The lowest BCUT2D eigenvalue weighted by Gasteiger charge is -2.11. The Morgan fingerprint density at radius 2 is 2.24 bits per heavy atom.